The van der Waals surface area contributed by atoms with Gasteiger partial charge in [-0.25, -0.2) is 4.57 Å². The Morgan fingerprint density at radius 1 is 1.19 bits per heavy atom. The predicted octanol–water partition coefficient (Wildman–Crippen LogP) is 2.41. The second kappa shape index (κ2) is 8.55. The molecule has 3 N–H and O–H groups in total. The number of benzene rings is 1. The van der Waals surface area contributed by atoms with Crippen molar-refractivity contribution in [2.75, 3.05) is 12.3 Å². The van der Waals surface area contributed by atoms with Gasteiger partial charge in [0.15, 0.2) is 0 Å². The molecule has 0 unspecified atom stereocenters. The van der Waals surface area contributed by atoms with E-state index in [1.54, 1.807) is 16.8 Å². The van der Waals surface area contributed by atoms with Gasteiger partial charge in [0.25, 0.3) is 17.1 Å². The van der Waals surface area contributed by atoms with Gasteiger partial charge in [-0.05, 0) is 43.0 Å². The maximum absolute atomic E-state index is 13.2. The Balaban J connectivity index is 1.76. The van der Waals surface area contributed by atoms with Gasteiger partial charge in [-0.2, -0.15) is 0 Å². The molecule has 0 aliphatic carbocycles. The van der Waals surface area contributed by atoms with Gasteiger partial charge in [0, 0.05) is 12.7 Å². The molecule has 4 aromatic rings. The molecule has 0 aliphatic heterocycles. The number of rotatable bonds is 6. The molecule has 158 valence electrons. The van der Waals surface area contributed by atoms with Crippen LogP contribution in [0.5, 0.6) is 0 Å². The summed E-state index contributed by atoms with van der Waals surface area (Å²) < 4.78 is 3.28. The Kier molecular flexibility index (Phi) is 5.66. The number of carbonyl (C=O) groups excluding carboxylic acids is 1. The summed E-state index contributed by atoms with van der Waals surface area (Å²) in [5.74, 6) is 0.0175. The zero-order chi connectivity index (χ0) is 22.0. The lowest BCUT2D eigenvalue weighted by Gasteiger charge is -2.12. The van der Waals surface area contributed by atoms with Crippen LogP contribution in [-0.4, -0.2) is 21.8 Å². The third-order valence-corrected chi connectivity index (χ3v) is 5.33. The van der Waals surface area contributed by atoms with E-state index in [4.69, 9.17) is 5.73 Å². The van der Waals surface area contributed by atoms with Gasteiger partial charge < -0.3 is 11.1 Å². The Morgan fingerprint density at radius 3 is 2.71 bits per heavy atom. The number of fused-ring (bicyclic) bond motifs is 2. The molecule has 7 heteroatoms. The fourth-order valence-corrected chi connectivity index (χ4v) is 3.75. The van der Waals surface area contributed by atoms with Crippen molar-refractivity contribution in [3.05, 3.63) is 81.8 Å². The zero-order valence-corrected chi connectivity index (χ0v) is 17.8. The van der Waals surface area contributed by atoms with E-state index in [2.05, 4.69) is 10.3 Å². The fourth-order valence-electron chi connectivity index (χ4n) is 3.75. The number of hydrogen-bond acceptors (Lipinski definition) is 4. The number of aromatic nitrogens is 3. The Labute approximate surface area is 180 Å². The molecule has 0 saturated heterocycles. The highest BCUT2D eigenvalue weighted by Crippen LogP contribution is 2.15. The van der Waals surface area contributed by atoms with Crippen LogP contribution in [0.3, 0.4) is 0 Å². The molecule has 4 rings (SSSR count). The van der Waals surface area contributed by atoms with Crippen LogP contribution in [0.2, 0.25) is 0 Å². The predicted molar refractivity (Wildman–Crippen MR) is 121 cm³/mol. The molecule has 0 saturated carbocycles. The van der Waals surface area contributed by atoms with Crippen molar-refractivity contribution in [2.45, 2.75) is 33.2 Å². The smallest absolute Gasteiger partial charge is 0.278 e. The molecule has 7 nitrogen and oxygen atoms in total. The van der Waals surface area contributed by atoms with E-state index in [1.807, 2.05) is 56.3 Å². The summed E-state index contributed by atoms with van der Waals surface area (Å²) in [7, 11) is 0. The van der Waals surface area contributed by atoms with Crippen LogP contribution in [0.25, 0.3) is 16.7 Å². The van der Waals surface area contributed by atoms with Gasteiger partial charge >= 0.3 is 0 Å². The minimum absolute atomic E-state index is 0.216. The number of pyridine rings is 2. The van der Waals surface area contributed by atoms with Crippen LogP contribution in [0, 0.1) is 6.92 Å². The summed E-state index contributed by atoms with van der Waals surface area (Å²) in [4.78, 5) is 30.8. The van der Waals surface area contributed by atoms with Crippen molar-refractivity contribution in [2.24, 2.45) is 0 Å². The third kappa shape index (κ3) is 3.99. The molecule has 0 atom stereocenters. The lowest BCUT2D eigenvalue weighted by Crippen LogP contribution is -2.42. The van der Waals surface area contributed by atoms with Crippen LogP contribution in [0.4, 0.5) is 5.82 Å². The van der Waals surface area contributed by atoms with E-state index < -0.39 is 0 Å². The molecule has 3 aromatic heterocycles. The summed E-state index contributed by atoms with van der Waals surface area (Å²) >= 11 is 0. The number of nitrogens with one attached hydrogen (secondary N) is 1. The van der Waals surface area contributed by atoms with Gasteiger partial charge in [0.2, 0.25) is 11.5 Å². The number of aryl methyl sites for hydroxylation is 2. The number of hydrogen-bond donors (Lipinski definition) is 2. The van der Waals surface area contributed by atoms with Gasteiger partial charge in [-0.15, -0.1) is 0 Å². The number of anilines is 1. The van der Waals surface area contributed by atoms with Crippen molar-refractivity contribution >= 4 is 28.4 Å². The minimum Gasteiger partial charge on any atom is -0.351 e. The maximum atomic E-state index is 13.2. The van der Waals surface area contributed by atoms with Crippen molar-refractivity contribution in [1.29, 1.82) is 0 Å². The van der Waals surface area contributed by atoms with Crippen molar-refractivity contribution in [1.82, 2.24) is 14.7 Å². The molecule has 31 heavy (non-hydrogen) atoms. The highest BCUT2D eigenvalue weighted by Gasteiger charge is 2.24. The third-order valence-electron chi connectivity index (χ3n) is 5.33. The Morgan fingerprint density at radius 2 is 1.97 bits per heavy atom. The standard InChI is InChI=1S/C24H25N5O2/c1-3-13-28-21(25)18(23(30)26-12-11-17-7-5-4-6-8-17)14-19-22(28)27-20-10-9-16(2)15-29(20)24(19)31/h4-10,14-15,25H,3,11-13H2,1-2H3,(H,26,30)/p+1. The number of amides is 1. The van der Waals surface area contributed by atoms with Crippen LogP contribution in [0.1, 0.15) is 34.8 Å². The number of carbonyl (C=O) groups is 1. The lowest BCUT2D eigenvalue weighted by molar-refractivity contribution is -0.658. The van der Waals surface area contributed by atoms with Crippen LogP contribution >= 0.6 is 0 Å². The molecule has 0 spiro atoms. The van der Waals surface area contributed by atoms with E-state index in [9.17, 15) is 9.59 Å². The fraction of sp³-hybridized carbons (Fsp3) is 0.250. The number of nitrogens with zero attached hydrogens (tertiary/aromatic N) is 3. The van der Waals surface area contributed by atoms with Crippen LogP contribution < -0.4 is 21.2 Å². The normalized spacial score (nSPS) is 11.2. The van der Waals surface area contributed by atoms with E-state index in [0.717, 1.165) is 17.5 Å². The summed E-state index contributed by atoms with van der Waals surface area (Å²) in [5.41, 5.74) is 9.60. The van der Waals surface area contributed by atoms with Gasteiger partial charge in [0.1, 0.15) is 10.9 Å². The minimum atomic E-state index is -0.297. The van der Waals surface area contributed by atoms with Gasteiger partial charge in [0.05, 0.1) is 6.54 Å². The SMILES string of the molecule is CCC[n+]1c(N)c(C(=O)NCCc2ccccc2)cc2c(=O)n3cc(C)ccc3nc21. The summed E-state index contributed by atoms with van der Waals surface area (Å²) in [6.07, 6.45) is 3.26. The molecule has 0 fully saturated rings. The van der Waals surface area contributed by atoms with Crippen LogP contribution in [0.15, 0.2) is 59.5 Å². The highest BCUT2D eigenvalue weighted by molar-refractivity contribution is 6.00. The molecule has 1 aromatic carbocycles. The quantitative estimate of drug-likeness (QED) is 0.373. The van der Waals surface area contributed by atoms with E-state index in [-0.39, 0.29) is 11.5 Å². The zero-order valence-electron chi connectivity index (χ0n) is 17.8. The van der Waals surface area contributed by atoms with Crippen LogP contribution in [-0.2, 0) is 13.0 Å². The monoisotopic (exact) mass is 416 g/mol. The Bertz CT molecular complexity index is 1330. The molecule has 0 bridgehead atoms. The van der Waals surface area contributed by atoms with Crippen molar-refractivity contribution in [3.8, 4) is 0 Å². The largest absolute Gasteiger partial charge is 0.351 e. The summed E-state index contributed by atoms with van der Waals surface area (Å²) in [5, 5.41) is 3.30. The first-order valence-corrected chi connectivity index (χ1v) is 10.5. The second-order valence-electron chi connectivity index (χ2n) is 7.68. The van der Waals surface area contributed by atoms with E-state index in [1.165, 1.54) is 4.40 Å². The van der Waals surface area contributed by atoms with Crippen molar-refractivity contribution in [3.63, 3.8) is 0 Å². The summed E-state index contributed by atoms with van der Waals surface area (Å²) in [6.45, 7) is 4.97. The first-order chi connectivity index (χ1) is 15.0. The summed E-state index contributed by atoms with van der Waals surface area (Å²) in [6, 6.07) is 15.2. The molecule has 3 heterocycles. The molecule has 0 radical (unpaired) electrons. The number of nitrogen functional groups attached to an aromatic ring is 1. The molecule has 0 aliphatic rings. The second-order valence-corrected chi connectivity index (χ2v) is 7.68. The van der Waals surface area contributed by atoms with E-state index >= 15 is 0 Å². The first kappa shape index (κ1) is 20.5. The van der Waals surface area contributed by atoms with Gasteiger partial charge in [-0.3, -0.25) is 14.0 Å². The molecule has 1 amide bonds. The first-order valence-electron chi connectivity index (χ1n) is 10.5. The molecular formula is C24H26N5O2+. The Hall–Kier alpha value is -3.74. The average molecular weight is 417 g/mol. The van der Waals surface area contributed by atoms with Gasteiger partial charge in [-0.1, -0.05) is 48.3 Å². The average Bonchev–Trinajstić information content (AvgIpc) is 2.77. The highest BCUT2D eigenvalue weighted by atomic mass is 16.1. The molecular weight excluding hydrogens is 390 g/mol. The topological polar surface area (TPSA) is 93.4 Å². The van der Waals surface area contributed by atoms with Crippen molar-refractivity contribution < 1.29 is 9.36 Å². The maximum Gasteiger partial charge on any atom is 0.278 e. The number of nitrogens with two attached hydrogens (primary N) is 1. The lowest BCUT2D eigenvalue weighted by atomic mass is 10.1. The van der Waals surface area contributed by atoms with E-state index in [0.29, 0.717) is 47.6 Å².